The van der Waals surface area contributed by atoms with Crippen molar-refractivity contribution in [3.63, 3.8) is 0 Å². The monoisotopic (exact) mass is 383 g/mol. The Morgan fingerprint density at radius 1 is 1.50 bits per heavy atom. The van der Waals surface area contributed by atoms with Crippen LogP contribution >= 0.6 is 0 Å². The van der Waals surface area contributed by atoms with E-state index in [-0.39, 0.29) is 25.0 Å². The summed E-state index contributed by atoms with van der Waals surface area (Å²) in [5, 5.41) is 9.68. The van der Waals surface area contributed by atoms with Gasteiger partial charge in [-0.2, -0.15) is 5.26 Å². The molecule has 0 unspecified atom stereocenters. The van der Waals surface area contributed by atoms with Crippen LogP contribution in [0, 0.1) is 17.2 Å². The van der Waals surface area contributed by atoms with Gasteiger partial charge in [-0.3, -0.25) is 4.79 Å². The summed E-state index contributed by atoms with van der Waals surface area (Å²) < 4.78 is 5.23. The second-order valence-corrected chi connectivity index (χ2v) is 7.10. The predicted molar refractivity (Wildman–Crippen MR) is 105 cm³/mol. The Kier molecular flexibility index (Phi) is 5.83. The number of H-pyrrole nitrogens is 1. The molecule has 0 aliphatic carbocycles. The van der Waals surface area contributed by atoms with Gasteiger partial charge in [0.05, 0.1) is 18.4 Å². The number of aromatic amines is 1. The number of anilines is 1. The molecule has 0 aromatic carbocycles. The van der Waals surface area contributed by atoms with Crippen molar-refractivity contribution in [3.8, 4) is 6.07 Å². The molecule has 1 N–H and O–H groups in total. The zero-order chi connectivity index (χ0) is 20.3. The molecule has 0 saturated carbocycles. The minimum Gasteiger partial charge on any atom is -0.462 e. The number of nitrogens with one attached hydrogen (secondary N) is 1. The van der Waals surface area contributed by atoms with Gasteiger partial charge in [0.15, 0.2) is 0 Å². The Bertz CT molecular complexity index is 916. The first kappa shape index (κ1) is 19.7. The summed E-state index contributed by atoms with van der Waals surface area (Å²) in [6, 6.07) is 3.83. The molecular weight excluding hydrogens is 358 g/mol. The highest BCUT2D eigenvalue weighted by Gasteiger charge is 2.34. The zero-order valence-corrected chi connectivity index (χ0v) is 16.4. The summed E-state index contributed by atoms with van der Waals surface area (Å²) in [6.07, 6.45) is 4.05. The largest absolute Gasteiger partial charge is 0.462 e. The lowest BCUT2D eigenvalue weighted by Crippen LogP contribution is -2.52. The van der Waals surface area contributed by atoms with Crippen LogP contribution in [0.25, 0.3) is 11.0 Å². The van der Waals surface area contributed by atoms with Crippen LogP contribution in [0.3, 0.4) is 0 Å². The zero-order valence-electron chi connectivity index (χ0n) is 16.4. The molecule has 1 aliphatic heterocycles. The van der Waals surface area contributed by atoms with E-state index < -0.39 is 5.97 Å². The summed E-state index contributed by atoms with van der Waals surface area (Å²) in [4.78, 5) is 36.0. The third-order valence-corrected chi connectivity index (χ3v) is 5.41. The molecule has 3 heterocycles. The number of hydrogen-bond acceptors (Lipinski definition) is 6. The molecular formula is C20H25N5O3. The maximum Gasteiger partial charge on any atom is 0.341 e. The summed E-state index contributed by atoms with van der Waals surface area (Å²) in [5.74, 6) is -0.255. The quantitative estimate of drug-likeness (QED) is 0.795. The number of likely N-dealkylation sites (N-methyl/N-ethyl adjacent to an activating group) is 1. The van der Waals surface area contributed by atoms with Gasteiger partial charge in [-0.05, 0) is 25.3 Å². The lowest BCUT2D eigenvalue weighted by atomic mass is 9.91. The van der Waals surface area contributed by atoms with Gasteiger partial charge in [-0.15, -0.1) is 0 Å². The molecule has 8 nitrogen and oxygen atoms in total. The lowest BCUT2D eigenvalue weighted by molar-refractivity contribution is -0.131. The SMILES string of the molecule is CCOC(=O)c1cnc2[nH]ccc2c1N(C)[C@H]1CN(C(=O)CC#N)CC[C@H]1C. The van der Waals surface area contributed by atoms with Crippen molar-refractivity contribution in [2.24, 2.45) is 5.92 Å². The highest BCUT2D eigenvalue weighted by Crippen LogP contribution is 2.33. The van der Waals surface area contributed by atoms with E-state index in [9.17, 15) is 9.59 Å². The minimum atomic E-state index is -0.416. The third kappa shape index (κ3) is 3.65. The van der Waals surface area contributed by atoms with Gasteiger partial charge >= 0.3 is 5.97 Å². The van der Waals surface area contributed by atoms with Gasteiger partial charge in [0.25, 0.3) is 0 Å². The van der Waals surface area contributed by atoms with E-state index in [2.05, 4.69) is 21.8 Å². The maximum absolute atomic E-state index is 12.6. The van der Waals surface area contributed by atoms with E-state index >= 15 is 0 Å². The molecule has 8 heteroatoms. The lowest BCUT2D eigenvalue weighted by Gasteiger charge is -2.43. The van der Waals surface area contributed by atoms with Crippen LogP contribution in [-0.2, 0) is 9.53 Å². The highest BCUT2D eigenvalue weighted by atomic mass is 16.5. The van der Waals surface area contributed by atoms with Crippen molar-refractivity contribution < 1.29 is 14.3 Å². The fraction of sp³-hybridized carbons (Fsp3) is 0.500. The van der Waals surface area contributed by atoms with Crippen LogP contribution in [-0.4, -0.2) is 59.5 Å². The summed E-state index contributed by atoms with van der Waals surface area (Å²) in [6.45, 7) is 5.35. The predicted octanol–water partition coefficient (Wildman–Crippen LogP) is 2.33. The molecule has 0 radical (unpaired) electrons. The van der Waals surface area contributed by atoms with Crippen LogP contribution in [0.2, 0.25) is 0 Å². The van der Waals surface area contributed by atoms with Gasteiger partial charge in [0.1, 0.15) is 17.6 Å². The molecule has 148 valence electrons. The number of ether oxygens (including phenoxy) is 1. The number of aromatic nitrogens is 2. The van der Waals surface area contributed by atoms with Gasteiger partial charge in [-0.25, -0.2) is 9.78 Å². The average Bonchev–Trinajstić information content (AvgIpc) is 3.16. The molecule has 0 bridgehead atoms. The number of fused-ring (bicyclic) bond motifs is 1. The Morgan fingerprint density at radius 2 is 2.29 bits per heavy atom. The molecule has 1 aliphatic rings. The van der Waals surface area contributed by atoms with Crippen molar-refractivity contribution in [2.45, 2.75) is 32.7 Å². The molecule has 1 amide bonds. The minimum absolute atomic E-state index is 0.00469. The fourth-order valence-electron chi connectivity index (χ4n) is 3.86. The fourth-order valence-corrected chi connectivity index (χ4v) is 3.86. The standard InChI is InChI=1S/C20H25N5O3/c1-4-28-20(27)15-11-23-19-14(6-9-22-19)18(15)24(3)16-12-25(10-7-13(16)2)17(26)5-8-21/h6,9,11,13,16H,4-5,7,10,12H2,1-3H3,(H,22,23)/t13-,16+/m1/s1. The first-order valence-corrected chi connectivity index (χ1v) is 9.48. The maximum atomic E-state index is 12.6. The van der Waals surface area contributed by atoms with E-state index in [1.54, 1.807) is 18.0 Å². The van der Waals surface area contributed by atoms with Crippen LogP contribution in [0.1, 0.15) is 37.0 Å². The number of likely N-dealkylation sites (tertiary alicyclic amines) is 1. The van der Waals surface area contributed by atoms with Crippen LogP contribution in [0.15, 0.2) is 18.5 Å². The number of amides is 1. The molecule has 2 aromatic heterocycles. The van der Waals surface area contributed by atoms with Gasteiger partial charge < -0.3 is 19.5 Å². The molecule has 2 atom stereocenters. The number of pyridine rings is 1. The Hall–Kier alpha value is -3.08. The number of rotatable bonds is 5. The van der Waals surface area contributed by atoms with Crippen molar-refractivity contribution >= 4 is 28.6 Å². The average molecular weight is 383 g/mol. The number of carbonyl (C=O) groups is 2. The number of esters is 1. The summed E-state index contributed by atoms with van der Waals surface area (Å²) >= 11 is 0. The van der Waals surface area contributed by atoms with E-state index in [0.717, 1.165) is 17.5 Å². The normalized spacial score (nSPS) is 19.3. The van der Waals surface area contributed by atoms with Crippen molar-refractivity contribution in [3.05, 3.63) is 24.0 Å². The Labute approximate surface area is 164 Å². The molecule has 3 rings (SSSR count). The second-order valence-electron chi connectivity index (χ2n) is 7.10. The summed E-state index contributed by atoms with van der Waals surface area (Å²) in [5.41, 5.74) is 1.84. The third-order valence-electron chi connectivity index (χ3n) is 5.41. The first-order valence-electron chi connectivity index (χ1n) is 9.48. The summed E-state index contributed by atoms with van der Waals surface area (Å²) in [7, 11) is 1.93. The van der Waals surface area contributed by atoms with Gasteiger partial charge in [0, 0.05) is 44.0 Å². The topological polar surface area (TPSA) is 102 Å². The number of hydrogen-bond donors (Lipinski definition) is 1. The van der Waals surface area contributed by atoms with E-state index in [4.69, 9.17) is 10.00 Å². The molecule has 0 spiro atoms. The number of nitriles is 1. The van der Waals surface area contributed by atoms with Crippen molar-refractivity contribution in [2.75, 3.05) is 31.6 Å². The second kappa shape index (κ2) is 8.30. The molecule has 2 aromatic rings. The molecule has 1 fully saturated rings. The smallest absolute Gasteiger partial charge is 0.341 e. The number of carbonyl (C=O) groups excluding carboxylic acids is 2. The van der Waals surface area contributed by atoms with E-state index in [1.165, 1.54) is 6.20 Å². The Morgan fingerprint density at radius 3 is 3.00 bits per heavy atom. The number of piperidine rings is 1. The van der Waals surface area contributed by atoms with Crippen LogP contribution in [0.4, 0.5) is 5.69 Å². The first-order chi connectivity index (χ1) is 13.5. The highest BCUT2D eigenvalue weighted by molar-refractivity contribution is 6.04. The van der Waals surface area contributed by atoms with Crippen molar-refractivity contribution in [1.29, 1.82) is 5.26 Å². The molecule has 1 saturated heterocycles. The Balaban J connectivity index is 1.99. The van der Waals surface area contributed by atoms with Crippen molar-refractivity contribution in [1.82, 2.24) is 14.9 Å². The van der Waals surface area contributed by atoms with Gasteiger partial charge in [-0.1, -0.05) is 6.92 Å². The van der Waals surface area contributed by atoms with E-state index in [1.807, 2.05) is 19.2 Å². The number of nitrogens with zero attached hydrogens (tertiary/aromatic N) is 4. The van der Waals surface area contributed by atoms with Gasteiger partial charge in [0.2, 0.25) is 5.91 Å². The van der Waals surface area contributed by atoms with Crippen LogP contribution < -0.4 is 4.90 Å². The van der Waals surface area contributed by atoms with E-state index in [0.29, 0.717) is 30.2 Å². The van der Waals surface area contributed by atoms with Crippen LogP contribution in [0.5, 0.6) is 0 Å². The molecule has 28 heavy (non-hydrogen) atoms.